The molecule has 0 radical (unpaired) electrons. The second-order valence-corrected chi connectivity index (χ2v) is 4.72. The molecule has 4 heteroatoms. The third-order valence-corrected chi connectivity index (χ3v) is 3.44. The number of likely N-dealkylation sites (tertiary alicyclic amines) is 1. The smallest absolute Gasteiger partial charge is 0.227 e. The predicted molar refractivity (Wildman–Crippen MR) is 57.6 cm³/mol. The van der Waals surface area contributed by atoms with Crippen LogP contribution in [-0.4, -0.2) is 61.6 Å². The van der Waals surface area contributed by atoms with E-state index >= 15 is 0 Å². The van der Waals surface area contributed by atoms with Crippen LogP contribution in [0.5, 0.6) is 0 Å². The number of nitrogens with zero attached hydrogens (tertiary/aromatic N) is 2. The van der Waals surface area contributed by atoms with Gasteiger partial charge in [-0.15, -0.1) is 0 Å². The number of morpholine rings is 1. The van der Waals surface area contributed by atoms with Gasteiger partial charge >= 0.3 is 0 Å². The van der Waals surface area contributed by atoms with Crippen LogP contribution in [0, 0.1) is 5.92 Å². The van der Waals surface area contributed by atoms with Gasteiger partial charge in [0.25, 0.3) is 0 Å². The van der Waals surface area contributed by atoms with Crippen LogP contribution in [0.4, 0.5) is 0 Å². The summed E-state index contributed by atoms with van der Waals surface area (Å²) in [7, 11) is 3.64. The molecular weight excluding hydrogens is 192 g/mol. The first-order valence-electron chi connectivity index (χ1n) is 5.70. The first-order chi connectivity index (χ1) is 7.11. The number of hydrogen-bond donors (Lipinski definition) is 0. The summed E-state index contributed by atoms with van der Waals surface area (Å²) in [6.45, 7) is 5.12. The zero-order valence-electron chi connectivity index (χ0n) is 9.77. The van der Waals surface area contributed by atoms with Crippen LogP contribution in [0.25, 0.3) is 0 Å². The molecule has 3 unspecified atom stereocenters. The van der Waals surface area contributed by atoms with Crippen LogP contribution in [0.3, 0.4) is 0 Å². The Morgan fingerprint density at radius 1 is 1.47 bits per heavy atom. The predicted octanol–water partition coefficient (Wildman–Crippen LogP) is 0.184. The largest absolute Gasteiger partial charge is 0.371 e. The molecule has 3 atom stereocenters. The van der Waals surface area contributed by atoms with E-state index in [1.165, 1.54) is 0 Å². The summed E-state index contributed by atoms with van der Waals surface area (Å²) in [4.78, 5) is 16.0. The molecule has 2 heterocycles. The van der Waals surface area contributed by atoms with Gasteiger partial charge in [-0.2, -0.15) is 0 Å². The van der Waals surface area contributed by atoms with Gasteiger partial charge in [0.1, 0.15) is 0 Å². The van der Waals surface area contributed by atoms with Crippen molar-refractivity contribution in [2.75, 3.05) is 33.7 Å². The molecule has 0 aromatic heterocycles. The van der Waals surface area contributed by atoms with Crippen LogP contribution in [-0.2, 0) is 9.53 Å². The van der Waals surface area contributed by atoms with Gasteiger partial charge in [0.05, 0.1) is 18.1 Å². The highest BCUT2D eigenvalue weighted by Crippen LogP contribution is 2.32. The van der Waals surface area contributed by atoms with Crippen molar-refractivity contribution in [3.8, 4) is 0 Å². The molecule has 2 aliphatic rings. The summed E-state index contributed by atoms with van der Waals surface area (Å²) in [5, 5.41) is 0. The lowest BCUT2D eigenvalue weighted by atomic mass is 9.99. The summed E-state index contributed by atoms with van der Waals surface area (Å²) in [6.07, 6.45) is 1.30. The van der Waals surface area contributed by atoms with Gasteiger partial charge < -0.3 is 9.64 Å². The second-order valence-electron chi connectivity index (χ2n) is 4.72. The van der Waals surface area contributed by atoms with Crippen LogP contribution in [0.1, 0.15) is 13.3 Å². The van der Waals surface area contributed by atoms with Crippen LogP contribution < -0.4 is 0 Å². The SMILES string of the molecule is CCN1CC2CC(C(=O)N(C)C)C(C1)O2. The fraction of sp³-hybridized carbons (Fsp3) is 0.909. The van der Waals surface area contributed by atoms with Crippen molar-refractivity contribution in [2.24, 2.45) is 5.92 Å². The maximum atomic E-state index is 11.9. The molecule has 2 aliphatic heterocycles. The average Bonchev–Trinajstić information content (AvgIpc) is 2.52. The molecule has 4 nitrogen and oxygen atoms in total. The third-order valence-electron chi connectivity index (χ3n) is 3.44. The maximum Gasteiger partial charge on any atom is 0.227 e. The molecule has 0 aromatic carbocycles. The van der Waals surface area contributed by atoms with Crippen molar-refractivity contribution in [3.05, 3.63) is 0 Å². The van der Waals surface area contributed by atoms with Crippen molar-refractivity contribution >= 4 is 5.91 Å². The van der Waals surface area contributed by atoms with E-state index in [4.69, 9.17) is 4.74 Å². The van der Waals surface area contributed by atoms with Crippen molar-refractivity contribution in [1.29, 1.82) is 0 Å². The minimum Gasteiger partial charge on any atom is -0.371 e. The Balaban J connectivity index is 2.03. The van der Waals surface area contributed by atoms with E-state index < -0.39 is 0 Å². The van der Waals surface area contributed by atoms with Gasteiger partial charge in [-0.3, -0.25) is 9.69 Å². The molecule has 0 saturated carbocycles. The second kappa shape index (κ2) is 4.10. The molecule has 2 bridgehead atoms. The van der Waals surface area contributed by atoms with Crippen molar-refractivity contribution < 1.29 is 9.53 Å². The van der Waals surface area contributed by atoms with Gasteiger partial charge in [-0.25, -0.2) is 0 Å². The number of fused-ring (bicyclic) bond motifs is 2. The zero-order valence-corrected chi connectivity index (χ0v) is 9.77. The zero-order chi connectivity index (χ0) is 11.0. The molecule has 1 amide bonds. The fourth-order valence-corrected chi connectivity index (χ4v) is 2.59. The first-order valence-corrected chi connectivity index (χ1v) is 5.70. The topological polar surface area (TPSA) is 32.8 Å². The third kappa shape index (κ3) is 2.01. The standard InChI is InChI=1S/C11H20N2O2/c1-4-13-6-8-5-9(10(7-13)15-8)11(14)12(2)3/h8-10H,4-7H2,1-3H3. The van der Waals surface area contributed by atoms with Crippen molar-refractivity contribution in [2.45, 2.75) is 25.6 Å². The number of likely N-dealkylation sites (N-methyl/N-ethyl adjacent to an activating group) is 1. The fourth-order valence-electron chi connectivity index (χ4n) is 2.59. The van der Waals surface area contributed by atoms with Gasteiger partial charge in [0.2, 0.25) is 5.91 Å². The van der Waals surface area contributed by atoms with Crippen molar-refractivity contribution in [1.82, 2.24) is 9.80 Å². The van der Waals surface area contributed by atoms with Crippen LogP contribution in [0.2, 0.25) is 0 Å². The lowest BCUT2D eigenvalue weighted by Gasteiger charge is -2.32. The van der Waals surface area contributed by atoms with E-state index in [1.54, 1.807) is 4.90 Å². The lowest BCUT2D eigenvalue weighted by molar-refractivity contribution is -0.135. The van der Waals surface area contributed by atoms with E-state index in [1.807, 2.05) is 14.1 Å². The van der Waals surface area contributed by atoms with Crippen LogP contribution >= 0.6 is 0 Å². The van der Waals surface area contributed by atoms with Gasteiger partial charge in [0.15, 0.2) is 0 Å². The Kier molecular flexibility index (Phi) is 2.98. The molecule has 2 saturated heterocycles. The summed E-state index contributed by atoms with van der Waals surface area (Å²) >= 11 is 0. The molecule has 15 heavy (non-hydrogen) atoms. The molecule has 2 fully saturated rings. The summed E-state index contributed by atoms with van der Waals surface area (Å²) < 4.78 is 5.82. The molecule has 86 valence electrons. The molecule has 0 spiro atoms. The Bertz CT molecular complexity index is 255. The van der Waals surface area contributed by atoms with E-state index in [0.717, 1.165) is 26.1 Å². The molecule has 2 rings (SSSR count). The molecular formula is C11H20N2O2. The number of ether oxygens (including phenoxy) is 1. The number of rotatable bonds is 2. The Labute approximate surface area is 91.2 Å². The summed E-state index contributed by atoms with van der Waals surface area (Å²) in [5.74, 6) is 0.307. The van der Waals surface area contributed by atoms with E-state index in [0.29, 0.717) is 0 Å². The Morgan fingerprint density at radius 3 is 2.80 bits per heavy atom. The van der Waals surface area contributed by atoms with Crippen LogP contribution in [0.15, 0.2) is 0 Å². The number of carbonyl (C=O) groups is 1. The molecule has 0 aliphatic carbocycles. The minimum atomic E-state index is 0.0848. The highest BCUT2D eigenvalue weighted by Gasteiger charge is 2.44. The maximum absolute atomic E-state index is 11.9. The van der Waals surface area contributed by atoms with E-state index in [2.05, 4.69) is 11.8 Å². The molecule has 0 aromatic rings. The number of amides is 1. The summed E-state index contributed by atoms with van der Waals surface area (Å²) in [5.41, 5.74) is 0. The summed E-state index contributed by atoms with van der Waals surface area (Å²) in [6, 6.07) is 0. The van der Waals surface area contributed by atoms with E-state index in [-0.39, 0.29) is 24.0 Å². The minimum absolute atomic E-state index is 0.0848. The monoisotopic (exact) mass is 212 g/mol. The Morgan fingerprint density at radius 2 is 2.20 bits per heavy atom. The van der Waals surface area contributed by atoms with Crippen molar-refractivity contribution in [3.63, 3.8) is 0 Å². The number of carbonyl (C=O) groups excluding carboxylic acids is 1. The number of hydrogen-bond acceptors (Lipinski definition) is 3. The highest BCUT2D eigenvalue weighted by molar-refractivity contribution is 5.79. The highest BCUT2D eigenvalue weighted by atomic mass is 16.5. The van der Waals surface area contributed by atoms with E-state index in [9.17, 15) is 4.79 Å². The van der Waals surface area contributed by atoms with Gasteiger partial charge in [-0.05, 0) is 13.0 Å². The van der Waals surface area contributed by atoms with Gasteiger partial charge in [-0.1, -0.05) is 6.92 Å². The van der Waals surface area contributed by atoms with Gasteiger partial charge in [0, 0.05) is 27.2 Å². The molecule has 0 N–H and O–H groups in total. The quantitative estimate of drug-likeness (QED) is 0.655. The lowest BCUT2D eigenvalue weighted by Crippen LogP contribution is -2.45. The first kappa shape index (κ1) is 10.9. The Hall–Kier alpha value is -0.610. The normalized spacial score (nSPS) is 35.5. The average molecular weight is 212 g/mol.